The molecule has 7 nitrogen and oxygen atoms in total. The Kier molecular flexibility index (Phi) is 12.4. The molecule has 0 aromatic heterocycles. The first-order valence-electron chi connectivity index (χ1n) is 12.8. The van der Waals surface area contributed by atoms with E-state index in [4.69, 9.17) is 0 Å². The van der Waals surface area contributed by atoms with Crippen LogP contribution in [0.15, 0.2) is 71.1 Å². The molecule has 0 saturated heterocycles. The van der Waals surface area contributed by atoms with Gasteiger partial charge in [0.05, 0.1) is 0 Å². The number of carbonyl (C=O) groups is 2. The Morgan fingerprint density at radius 1 is 0.889 bits per heavy atom. The number of amides is 1. The van der Waals surface area contributed by atoms with E-state index in [1.54, 1.807) is 5.01 Å². The number of Topliss-reactive ketones (excluding diaryl/α,β-unsaturated/α-hetero) is 1. The van der Waals surface area contributed by atoms with E-state index in [1.165, 1.54) is 50.1 Å². The van der Waals surface area contributed by atoms with Gasteiger partial charge in [0.15, 0.2) is 0 Å². The van der Waals surface area contributed by atoms with Crippen molar-refractivity contribution in [2.24, 2.45) is 10.4 Å². The summed E-state index contributed by atoms with van der Waals surface area (Å²) < 4.78 is -0.399. The van der Waals surface area contributed by atoms with Gasteiger partial charge in [0.25, 0.3) is 0 Å². The minimum absolute atomic E-state index is 0.0106. The fraction of sp³-hybridized carbons (Fsp3) is 0.481. The van der Waals surface area contributed by atoms with Crippen molar-refractivity contribution in [1.29, 1.82) is 0 Å². The Morgan fingerprint density at radius 3 is 2.11 bits per heavy atom. The molecule has 2 unspecified atom stereocenters. The third-order valence-electron chi connectivity index (χ3n) is 5.92. The summed E-state index contributed by atoms with van der Waals surface area (Å²) >= 11 is 3.28. The summed E-state index contributed by atoms with van der Waals surface area (Å²) in [5.74, 6) is -0.0652. The maximum absolute atomic E-state index is 13.0. The summed E-state index contributed by atoms with van der Waals surface area (Å²) in [7, 11) is 0. The van der Waals surface area contributed by atoms with E-state index in [0.29, 0.717) is 12.0 Å². The molecule has 0 saturated carbocycles. The van der Waals surface area contributed by atoms with E-state index in [0.717, 1.165) is 18.5 Å². The van der Waals surface area contributed by atoms with Gasteiger partial charge in [-0.25, -0.2) is 0 Å². The second-order valence-corrected chi connectivity index (χ2v) is 13.5. The molecule has 9 heteroatoms. The van der Waals surface area contributed by atoms with Crippen molar-refractivity contribution in [1.82, 2.24) is 10.5 Å². The predicted molar refractivity (Wildman–Crippen MR) is 149 cm³/mol. The molecule has 1 aliphatic heterocycles. The van der Waals surface area contributed by atoms with Crippen molar-refractivity contribution in [2.75, 3.05) is 5.01 Å². The second kappa shape index (κ2) is 15.8. The number of alkyl halides is 1. The van der Waals surface area contributed by atoms with Gasteiger partial charge >= 0.3 is 210 Å². The molecule has 194 valence electrons. The zero-order valence-electron chi connectivity index (χ0n) is 20.9. The van der Waals surface area contributed by atoms with Crippen LogP contribution in [0.25, 0.3) is 0 Å². The first-order chi connectivity index (χ1) is 17.6. The first kappa shape index (κ1) is 28.4. The van der Waals surface area contributed by atoms with Crippen molar-refractivity contribution in [3.8, 4) is 0 Å². The standard InChI is InChI=1S/C27H36BrN5O2Se/c1-2-3-4-5-6-7-8-9-16-21-24(34)29-33-27(32(30-31-33)23-19-14-11-15-20-23)36-26(28)25(35)22-17-12-10-13-18-22/h10-15,17-20,26-27H,2-9,16,21H2,1H3,(H,29,34). The van der Waals surface area contributed by atoms with E-state index in [-0.39, 0.29) is 31.7 Å². The van der Waals surface area contributed by atoms with Crippen LogP contribution < -0.4 is 10.4 Å². The van der Waals surface area contributed by atoms with Crippen LogP contribution in [0.3, 0.4) is 0 Å². The third-order valence-corrected chi connectivity index (χ3v) is 9.76. The number of unbranched alkanes of at least 4 members (excludes halogenated alkanes) is 8. The Bertz CT molecular complexity index is 963. The number of ketones is 1. The number of benzene rings is 2. The fourth-order valence-electron chi connectivity index (χ4n) is 3.91. The molecule has 2 aromatic rings. The van der Waals surface area contributed by atoms with Gasteiger partial charge < -0.3 is 0 Å². The molecule has 2 atom stereocenters. The van der Waals surface area contributed by atoms with Crippen molar-refractivity contribution in [3.63, 3.8) is 0 Å². The molecule has 2 aromatic carbocycles. The van der Waals surface area contributed by atoms with E-state index in [2.05, 4.69) is 38.7 Å². The van der Waals surface area contributed by atoms with Crippen molar-refractivity contribution in [2.45, 2.75) is 79.9 Å². The zero-order chi connectivity index (χ0) is 25.6. The van der Waals surface area contributed by atoms with E-state index >= 15 is 0 Å². The number of carbonyl (C=O) groups excluding carboxylic acids is 2. The number of halogens is 1. The predicted octanol–water partition coefficient (Wildman–Crippen LogP) is 6.63. The Labute approximate surface area is 229 Å². The first-order valence-corrected chi connectivity index (χ1v) is 15.7. The molecule has 0 radical (unpaired) electrons. The zero-order valence-corrected chi connectivity index (χ0v) is 24.2. The van der Waals surface area contributed by atoms with Crippen LogP contribution in [-0.2, 0) is 4.79 Å². The monoisotopic (exact) mass is 621 g/mol. The Morgan fingerprint density at radius 2 is 1.47 bits per heavy atom. The van der Waals surface area contributed by atoms with Gasteiger partial charge in [-0.05, 0) is 0 Å². The Hall–Kier alpha value is -2.22. The number of para-hydroxylation sites is 1. The number of hydrogen-bond donors (Lipinski definition) is 1. The molecule has 0 bridgehead atoms. The summed E-state index contributed by atoms with van der Waals surface area (Å²) in [5.41, 5.74) is 4.42. The van der Waals surface area contributed by atoms with Gasteiger partial charge in [0, 0.05) is 0 Å². The van der Waals surface area contributed by atoms with Gasteiger partial charge in [-0.2, -0.15) is 0 Å². The quantitative estimate of drug-likeness (QED) is 0.0988. The summed E-state index contributed by atoms with van der Waals surface area (Å²) in [4.78, 5) is 25.7. The summed E-state index contributed by atoms with van der Waals surface area (Å²) in [6.45, 7) is 2.24. The van der Waals surface area contributed by atoms with Crippen LogP contribution in [0.4, 0.5) is 5.69 Å². The molecule has 1 N–H and O–H groups in total. The van der Waals surface area contributed by atoms with Crippen LogP contribution in [0.1, 0.15) is 81.5 Å². The van der Waals surface area contributed by atoms with Gasteiger partial charge in [-0.3, -0.25) is 0 Å². The minimum atomic E-state index is -0.399. The fourth-order valence-corrected chi connectivity index (χ4v) is 7.20. The van der Waals surface area contributed by atoms with Crippen LogP contribution in [0.2, 0.25) is 0 Å². The number of hydrazine groups is 1. The summed E-state index contributed by atoms with van der Waals surface area (Å²) in [6.07, 6.45) is 11.3. The molecule has 1 amide bonds. The van der Waals surface area contributed by atoms with Gasteiger partial charge in [0.2, 0.25) is 0 Å². The van der Waals surface area contributed by atoms with Gasteiger partial charge in [-0.1, -0.05) is 19.8 Å². The molecule has 36 heavy (non-hydrogen) atoms. The number of nitrogens with one attached hydrogen (secondary N) is 1. The van der Waals surface area contributed by atoms with Crippen molar-refractivity contribution < 1.29 is 9.59 Å². The van der Waals surface area contributed by atoms with Crippen LogP contribution in [0.5, 0.6) is 0 Å². The summed E-state index contributed by atoms with van der Waals surface area (Å²) in [5, 5.41) is 11.4. The van der Waals surface area contributed by atoms with Crippen LogP contribution in [-0.4, -0.2) is 40.6 Å². The van der Waals surface area contributed by atoms with Crippen molar-refractivity contribution in [3.05, 3.63) is 66.2 Å². The van der Waals surface area contributed by atoms with Gasteiger partial charge in [-0.15, -0.1) is 0 Å². The molecule has 1 heterocycles. The normalized spacial score (nSPS) is 15.8. The molecule has 0 aliphatic carbocycles. The molecular formula is C27H36BrN5O2Se. The topological polar surface area (TPSA) is 77.4 Å². The average molecular weight is 621 g/mol. The Balaban J connectivity index is 1.52. The van der Waals surface area contributed by atoms with Crippen LogP contribution >= 0.6 is 15.9 Å². The molecular weight excluding hydrogens is 585 g/mol. The average Bonchev–Trinajstić information content (AvgIpc) is 3.29. The third kappa shape index (κ3) is 9.02. The molecule has 1 aliphatic rings. The number of hydrogen-bond acceptors (Lipinski definition) is 6. The summed E-state index contributed by atoms with van der Waals surface area (Å²) in [6, 6.07) is 18.9. The second-order valence-electron chi connectivity index (χ2n) is 8.83. The van der Waals surface area contributed by atoms with Crippen molar-refractivity contribution >= 4 is 48.3 Å². The number of rotatable bonds is 16. The van der Waals surface area contributed by atoms with E-state index in [9.17, 15) is 9.59 Å². The van der Waals surface area contributed by atoms with E-state index < -0.39 is 3.73 Å². The number of nitrogens with zero attached hydrogens (tertiary/aromatic N) is 4. The molecule has 3 rings (SSSR count). The van der Waals surface area contributed by atoms with E-state index in [1.807, 2.05) is 60.7 Å². The number of anilines is 1. The molecule has 0 fully saturated rings. The maximum atomic E-state index is 13.0. The van der Waals surface area contributed by atoms with Crippen LogP contribution in [0, 0.1) is 0 Å². The molecule has 0 spiro atoms. The van der Waals surface area contributed by atoms with Gasteiger partial charge in [0.1, 0.15) is 0 Å². The SMILES string of the molecule is CCCCCCCCCCCC(=O)NN1N=NN(c2ccccc2)C1[Se]C(Br)C(=O)c1ccccc1.